The van der Waals surface area contributed by atoms with Crippen molar-refractivity contribution in [2.75, 3.05) is 13.2 Å². The summed E-state index contributed by atoms with van der Waals surface area (Å²) in [6, 6.07) is -0.0504. The van der Waals surface area contributed by atoms with E-state index < -0.39 is 43.3 Å². The fourth-order valence-electron chi connectivity index (χ4n) is 4.18. The third-order valence-corrected chi connectivity index (χ3v) is 6.75. The van der Waals surface area contributed by atoms with Gasteiger partial charge in [0.2, 0.25) is 0 Å². The van der Waals surface area contributed by atoms with Gasteiger partial charge in [-0.1, -0.05) is 0 Å². The van der Waals surface area contributed by atoms with Crippen LogP contribution in [0.2, 0.25) is 0 Å². The van der Waals surface area contributed by atoms with Crippen molar-refractivity contribution in [3.8, 4) is 0 Å². The molecule has 1 saturated heterocycles. The van der Waals surface area contributed by atoms with E-state index in [9.17, 15) is 17.6 Å². The summed E-state index contributed by atoms with van der Waals surface area (Å²) in [5, 5.41) is 15.4. The molecular formula is C18H31Cl2F4N5O. The van der Waals surface area contributed by atoms with E-state index in [1.807, 2.05) is 0 Å². The summed E-state index contributed by atoms with van der Waals surface area (Å²) >= 11 is 12.2. The highest BCUT2D eigenvalue weighted by Crippen LogP contribution is 2.27. The van der Waals surface area contributed by atoms with Crippen molar-refractivity contribution >= 4 is 23.2 Å². The SMILES string of the molecule is FC1CCC(NC2NC(NCC3CCC(Cl)CC3)NC(OCC(F)(F)F)N2)CC1Cl. The summed E-state index contributed by atoms with van der Waals surface area (Å²) in [5.41, 5.74) is 0. The van der Waals surface area contributed by atoms with Crippen molar-refractivity contribution in [2.24, 2.45) is 5.92 Å². The van der Waals surface area contributed by atoms with E-state index in [-0.39, 0.29) is 11.4 Å². The minimum Gasteiger partial charge on any atom is -0.340 e. The molecule has 5 N–H and O–H groups in total. The second-order valence-electron chi connectivity index (χ2n) is 8.41. The molecule has 1 aliphatic heterocycles. The second kappa shape index (κ2) is 11.3. The first-order valence-corrected chi connectivity index (χ1v) is 11.4. The van der Waals surface area contributed by atoms with Crippen LogP contribution in [0.5, 0.6) is 0 Å². The van der Waals surface area contributed by atoms with Gasteiger partial charge in [0.25, 0.3) is 0 Å². The Morgan fingerprint density at radius 1 is 0.933 bits per heavy atom. The Hall–Kier alpha value is 0.0600. The Bertz CT molecular complexity index is 527. The third kappa shape index (κ3) is 8.20. The molecule has 2 aliphatic carbocycles. The van der Waals surface area contributed by atoms with Crippen LogP contribution in [0.15, 0.2) is 0 Å². The highest BCUT2D eigenvalue weighted by Gasteiger charge is 2.35. The molecule has 12 heteroatoms. The highest BCUT2D eigenvalue weighted by molar-refractivity contribution is 6.21. The molecule has 0 spiro atoms. The van der Waals surface area contributed by atoms with Crippen LogP contribution in [0.3, 0.4) is 0 Å². The maximum atomic E-state index is 13.6. The standard InChI is InChI=1S/C18H31Cl2F4N5O/c19-11-3-1-10(2-4-11)8-25-15-27-16(26-12-5-6-14(21)13(20)7-12)29-17(28-15)30-9-18(22,23)24/h10-17,25-29H,1-9H2. The number of ether oxygens (including phenoxy) is 1. The van der Waals surface area contributed by atoms with Crippen LogP contribution in [0.4, 0.5) is 17.6 Å². The van der Waals surface area contributed by atoms with Crippen molar-refractivity contribution in [3.05, 3.63) is 0 Å². The molecule has 0 bridgehead atoms. The lowest BCUT2D eigenvalue weighted by Gasteiger charge is -2.42. The minimum absolute atomic E-state index is 0.0504. The third-order valence-electron chi connectivity index (χ3n) is 5.87. The Kier molecular flexibility index (Phi) is 9.28. The zero-order valence-electron chi connectivity index (χ0n) is 16.7. The van der Waals surface area contributed by atoms with Gasteiger partial charge in [-0.3, -0.25) is 26.6 Å². The van der Waals surface area contributed by atoms with Crippen LogP contribution in [-0.2, 0) is 4.74 Å². The van der Waals surface area contributed by atoms with Crippen molar-refractivity contribution in [3.63, 3.8) is 0 Å². The van der Waals surface area contributed by atoms with Crippen LogP contribution < -0.4 is 26.6 Å². The topological polar surface area (TPSA) is 69.4 Å². The van der Waals surface area contributed by atoms with Crippen LogP contribution in [0, 0.1) is 5.92 Å². The Morgan fingerprint density at radius 2 is 1.63 bits per heavy atom. The van der Waals surface area contributed by atoms with Gasteiger partial charge in [0.1, 0.15) is 25.4 Å². The fraction of sp³-hybridized carbons (Fsp3) is 1.00. The zero-order chi connectivity index (χ0) is 21.7. The van der Waals surface area contributed by atoms with Crippen molar-refractivity contribution in [1.82, 2.24) is 26.6 Å². The molecule has 6 atom stereocenters. The number of rotatable bonds is 7. The molecule has 3 fully saturated rings. The molecule has 30 heavy (non-hydrogen) atoms. The first-order chi connectivity index (χ1) is 14.2. The van der Waals surface area contributed by atoms with E-state index in [2.05, 4.69) is 26.6 Å². The molecule has 3 aliphatic rings. The molecule has 3 rings (SSSR count). The molecule has 6 nitrogen and oxygen atoms in total. The van der Waals surface area contributed by atoms with E-state index >= 15 is 0 Å². The summed E-state index contributed by atoms with van der Waals surface area (Å²) in [7, 11) is 0. The molecule has 2 saturated carbocycles. The summed E-state index contributed by atoms with van der Waals surface area (Å²) in [6.07, 6.45) is -2.05. The van der Waals surface area contributed by atoms with Crippen LogP contribution in [0.1, 0.15) is 44.9 Å². The van der Waals surface area contributed by atoms with Gasteiger partial charge in [-0.25, -0.2) is 4.39 Å². The maximum Gasteiger partial charge on any atom is 0.411 e. The van der Waals surface area contributed by atoms with Gasteiger partial charge in [0.05, 0.1) is 5.38 Å². The Balaban J connectivity index is 1.52. The fourth-order valence-corrected chi connectivity index (χ4v) is 4.77. The predicted molar refractivity (Wildman–Crippen MR) is 108 cm³/mol. The summed E-state index contributed by atoms with van der Waals surface area (Å²) < 4.78 is 56.4. The van der Waals surface area contributed by atoms with E-state index in [0.29, 0.717) is 31.7 Å². The summed E-state index contributed by atoms with van der Waals surface area (Å²) in [4.78, 5) is 0. The van der Waals surface area contributed by atoms with Gasteiger partial charge >= 0.3 is 6.18 Å². The molecule has 1 heterocycles. The van der Waals surface area contributed by atoms with Crippen LogP contribution >= 0.6 is 23.2 Å². The van der Waals surface area contributed by atoms with Gasteiger partial charge in [-0.05, 0) is 50.9 Å². The smallest absolute Gasteiger partial charge is 0.340 e. The lowest BCUT2D eigenvalue weighted by molar-refractivity contribution is -0.199. The van der Waals surface area contributed by atoms with Crippen molar-refractivity contribution in [2.45, 2.75) is 93.0 Å². The van der Waals surface area contributed by atoms with Gasteiger partial charge in [0, 0.05) is 18.0 Å². The second-order valence-corrected chi connectivity index (χ2v) is 9.58. The highest BCUT2D eigenvalue weighted by atomic mass is 35.5. The van der Waals surface area contributed by atoms with Gasteiger partial charge in [-0.15, -0.1) is 23.2 Å². The molecular weight excluding hydrogens is 449 g/mol. The Labute approximate surface area is 184 Å². The number of hydrogen-bond donors (Lipinski definition) is 5. The largest absolute Gasteiger partial charge is 0.411 e. The van der Waals surface area contributed by atoms with Gasteiger partial charge in [0.15, 0.2) is 6.35 Å². The number of nitrogens with one attached hydrogen (secondary N) is 5. The molecule has 0 aromatic carbocycles. The first kappa shape index (κ1) is 24.7. The quantitative estimate of drug-likeness (QED) is 0.285. The maximum absolute atomic E-state index is 13.6. The van der Waals surface area contributed by atoms with Crippen molar-refractivity contribution in [1.29, 1.82) is 0 Å². The molecule has 176 valence electrons. The minimum atomic E-state index is -4.42. The molecule has 6 unspecified atom stereocenters. The summed E-state index contributed by atoms with van der Waals surface area (Å²) in [5.74, 6) is 0.469. The molecule has 0 radical (unpaired) electrons. The van der Waals surface area contributed by atoms with Crippen LogP contribution in [0.25, 0.3) is 0 Å². The predicted octanol–water partition coefficient (Wildman–Crippen LogP) is 2.67. The Morgan fingerprint density at radius 3 is 2.30 bits per heavy atom. The molecule has 0 amide bonds. The van der Waals surface area contributed by atoms with Gasteiger partial charge < -0.3 is 4.74 Å². The van der Waals surface area contributed by atoms with E-state index in [0.717, 1.165) is 25.7 Å². The van der Waals surface area contributed by atoms with Crippen molar-refractivity contribution < 1.29 is 22.3 Å². The molecule has 0 aromatic rings. The number of hydrogen-bond acceptors (Lipinski definition) is 6. The van der Waals surface area contributed by atoms with Crippen LogP contribution in [-0.4, -0.2) is 61.2 Å². The summed E-state index contributed by atoms with van der Waals surface area (Å²) in [6.45, 7) is -0.655. The lowest BCUT2D eigenvalue weighted by Crippen LogP contribution is -2.76. The van der Waals surface area contributed by atoms with Gasteiger partial charge in [-0.2, -0.15) is 13.2 Å². The average molecular weight is 480 g/mol. The number of halogens is 6. The monoisotopic (exact) mass is 479 g/mol. The lowest BCUT2D eigenvalue weighted by atomic mass is 9.89. The first-order valence-electron chi connectivity index (χ1n) is 10.6. The average Bonchev–Trinajstić information content (AvgIpc) is 2.68. The molecule has 0 aromatic heterocycles. The van der Waals surface area contributed by atoms with E-state index in [1.54, 1.807) is 0 Å². The van der Waals surface area contributed by atoms with E-state index in [4.69, 9.17) is 27.9 Å². The van der Waals surface area contributed by atoms with E-state index in [1.165, 1.54) is 0 Å². The number of alkyl halides is 6. The zero-order valence-corrected chi connectivity index (χ0v) is 18.2. The normalized spacial score (nSPS) is 41.0.